The van der Waals surface area contributed by atoms with Gasteiger partial charge in [-0.2, -0.15) is 0 Å². The van der Waals surface area contributed by atoms with Crippen molar-refractivity contribution in [3.05, 3.63) is 58.4 Å². The van der Waals surface area contributed by atoms with Crippen LogP contribution < -0.4 is 16.1 Å². The molecule has 0 spiro atoms. The molecule has 12 heteroatoms. The van der Waals surface area contributed by atoms with Crippen LogP contribution in [0.2, 0.25) is 0 Å². The molecule has 4 N–H and O–H groups in total. The summed E-state index contributed by atoms with van der Waals surface area (Å²) < 4.78 is 44.0. The number of hydrogen-bond donors (Lipinski definition) is 4. The van der Waals surface area contributed by atoms with Gasteiger partial charge in [-0.15, -0.1) is 0 Å². The normalized spacial score (nSPS) is 10.5. The summed E-state index contributed by atoms with van der Waals surface area (Å²) in [5.74, 6) is -4.83. The molecular formula is C25H33F3N4O5. The predicted molar refractivity (Wildman–Crippen MR) is 134 cm³/mol. The van der Waals surface area contributed by atoms with Crippen molar-refractivity contribution in [2.24, 2.45) is 5.16 Å². The fraction of sp³-hybridized carbons (Fsp3) is 0.400. The van der Waals surface area contributed by atoms with Crippen molar-refractivity contribution in [3.63, 3.8) is 0 Å². The fourth-order valence-electron chi connectivity index (χ4n) is 2.75. The minimum atomic E-state index is -1.47. The highest BCUT2D eigenvalue weighted by atomic mass is 19.2. The first kappa shape index (κ1) is 31.4. The lowest BCUT2D eigenvalue weighted by atomic mass is 10.1. The molecule has 0 aliphatic carbocycles. The lowest BCUT2D eigenvalue weighted by molar-refractivity contribution is -0.122. The predicted octanol–water partition coefficient (Wildman–Crippen LogP) is 4.10. The van der Waals surface area contributed by atoms with Gasteiger partial charge in [0.05, 0.1) is 42.8 Å². The number of nitrogens with one attached hydrogen (secondary N) is 3. The lowest BCUT2D eigenvalue weighted by Crippen LogP contribution is -2.26. The van der Waals surface area contributed by atoms with Crippen LogP contribution in [0.5, 0.6) is 0 Å². The number of oxime groups is 1. The van der Waals surface area contributed by atoms with Crippen molar-refractivity contribution in [2.75, 3.05) is 31.7 Å². The van der Waals surface area contributed by atoms with Gasteiger partial charge >= 0.3 is 0 Å². The number of amides is 2. The van der Waals surface area contributed by atoms with E-state index in [0.717, 1.165) is 18.7 Å². The van der Waals surface area contributed by atoms with Crippen molar-refractivity contribution in [1.82, 2.24) is 10.8 Å². The minimum absolute atomic E-state index is 0.00894. The van der Waals surface area contributed by atoms with Crippen LogP contribution in [-0.4, -0.2) is 49.5 Å². The third kappa shape index (κ3) is 10.1. The third-order valence-electron chi connectivity index (χ3n) is 4.48. The number of aryl methyl sites for hydroxylation is 1. The highest BCUT2D eigenvalue weighted by Gasteiger charge is 2.23. The maximum atomic E-state index is 15.0. The lowest BCUT2D eigenvalue weighted by Gasteiger charge is -2.15. The Labute approximate surface area is 214 Å². The van der Waals surface area contributed by atoms with E-state index in [1.165, 1.54) is 12.1 Å². The van der Waals surface area contributed by atoms with Crippen LogP contribution in [0.25, 0.3) is 0 Å². The summed E-state index contributed by atoms with van der Waals surface area (Å²) in [7, 11) is 0. The van der Waals surface area contributed by atoms with Gasteiger partial charge in [-0.1, -0.05) is 32.0 Å². The van der Waals surface area contributed by atoms with Crippen molar-refractivity contribution >= 4 is 29.4 Å². The molecular weight excluding hydrogens is 493 g/mol. The number of carbonyl (C=O) groups excluding carboxylic acids is 2. The molecule has 9 nitrogen and oxygen atoms in total. The standard InChI is InChI=1S/C23H27F3N4O5.C2H6/c1-3-7-27-19(32)6-9-34-28-13-15-12-16(23(33)30-35-10-8-31)22(21(26)20(15)25)29-18-5-4-14(2)11-17(18)24;1-2/h4-5,11-13,29,31H,3,6-10H2,1-2H3,(H,27,32)(H,30,33);1-2H3/b28-13+;. The van der Waals surface area contributed by atoms with Crippen molar-refractivity contribution < 1.29 is 37.5 Å². The molecule has 2 aromatic carbocycles. The average Bonchev–Trinajstić information content (AvgIpc) is 2.89. The number of anilines is 2. The Kier molecular flexibility index (Phi) is 14.4. The summed E-state index contributed by atoms with van der Waals surface area (Å²) in [6.45, 7) is 7.32. The zero-order valence-electron chi connectivity index (χ0n) is 21.3. The Morgan fingerprint density at radius 3 is 2.49 bits per heavy atom. The molecule has 0 aliphatic rings. The van der Waals surface area contributed by atoms with Crippen LogP contribution in [-0.2, 0) is 14.5 Å². The molecule has 204 valence electrons. The van der Waals surface area contributed by atoms with Gasteiger partial charge in [0.25, 0.3) is 5.91 Å². The summed E-state index contributed by atoms with van der Waals surface area (Å²) in [5.41, 5.74) is 0.888. The van der Waals surface area contributed by atoms with Crippen LogP contribution in [0.4, 0.5) is 24.5 Å². The van der Waals surface area contributed by atoms with Gasteiger partial charge in [-0.05, 0) is 37.1 Å². The maximum Gasteiger partial charge on any atom is 0.277 e. The highest BCUT2D eigenvalue weighted by Crippen LogP contribution is 2.30. The summed E-state index contributed by atoms with van der Waals surface area (Å²) in [6, 6.07) is 5.00. The summed E-state index contributed by atoms with van der Waals surface area (Å²) in [6.07, 6.45) is 1.62. The summed E-state index contributed by atoms with van der Waals surface area (Å²) >= 11 is 0. The molecule has 0 heterocycles. The van der Waals surface area contributed by atoms with E-state index in [1.807, 2.05) is 26.3 Å². The quantitative estimate of drug-likeness (QED) is 0.177. The second kappa shape index (κ2) is 16.9. The molecule has 2 amide bonds. The minimum Gasteiger partial charge on any atom is -0.395 e. The molecule has 0 unspecified atom stereocenters. The molecule has 2 rings (SSSR count). The molecule has 0 saturated carbocycles. The van der Waals surface area contributed by atoms with Crippen LogP contribution in [0.15, 0.2) is 29.4 Å². The van der Waals surface area contributed by atoms with Crippen molar-refractivity contribution in [3.8, 4) is 0 Å². The number of hydroxylamine groups is 1. The molecule has 0 fully saturated rings. The zero-order chi connectivity index (χ0) is 27.8. The molecule has 2 aromatic rings. The van der Waals surface area contributed by atoms with Gasteiger partial charge in [0.15, 0.2) is 11.6 Å². The van der Waals surface area contributed by atoms with E-state index in [-0.39, 0.29) is 31.2 Å². The number of rotatable bonds is 13. The number of halogens is 3. The van der Waals surface area contributed by atoms with E-state index < -0.39 is 46.8 Å². The second-order valence-electron chi connectivity index (χ2n) is 7.30. The number of nitrogens with zero attached hydrogens (tertiary/aromatic N) is 1. The largest absolute Gasteiger partial charge is 0.395 e. The molecule has 0 aliphatic heterocycles. The van der Waals surface area contributed by atoms with Crippen LogP contribution in [0.3, 0.4) is 0 Å². The smallest absolute Gasteiger partial charge is 0.277 e. The van der Waals surface area contributed by atoms with Gasteiger partial charge in [-0.3, -0.25) is 14.4 Å². The van der Waals surface area contributed by atoms with E-state index in [2.05, 4.69) is 15.8 Å². The van der Waals surface area contributed by atoms with E-state index in [9.17, 15) is 22.8 Å². The Balaban J connectivity index is 0.00000334. The van der Waals surface area contributed by atoms with Gasteiger partial charge in [0.1, 0.15) is 12.4 Å². The zero-order valence-corrected chi connectivity index (χ0v) is 21.3. The topological polar surface area (TPSA) is 121 Å². The summed E-state index contributed by atoms with van der Waals surface area (Å²) in [5, 5.41) is 17.4. The SMILES string of the molecule is CC.CCCNC(=O)CCO/N=C/c1cc(C(=O)NOCCO)c(Nc2ccc(C)cc2F)c(F)c1F. The van der Waals surface area contributed by atoms with Crippen molar-refractivity contribution in [1.29, 1.82) is 0 Å². The van der Waals surface area contributed by atoms with Gasteiger partial charge in [-0.25, -0.2) is 18.7 Å². The van der Waals surface area contributed by atoms with Crippen LogP contribution in [0, 0.1) is 24.4 Å². The summed E-state index contributed by atoms with van der Waals surface area (Å²) in [4.78, 5) is 33.8. The fourth-order valence-corrected chi connectivity index (χ4v) is 2.75. The van der Waals surface area contributed by atoms with Gasteiger partial charge in [0, 0.05) is 12.1 Å². The Morgan fingerprint density at radius 1 is 1.11 bits per heavy atom. The molecule has 0 radical (unpaired) electrons. The first-order chi connectivity index (χ1) is 17.8. The van der Waals surface area contributed by atoms with E-state index in [0.29, 0.717) is 12.1 Å². The van der Waals surface area contributed by atoms with E-state index in [1.54, 1.807) is 13.0 Å². The number of aliphatic hydroxyl groups excluding tert-OH is 1. The highest BCUT2D eigenvalue weighted by molar-refractivity contribution is 6.01. The van der Waals surface area contributed by atoms with Crippen molar-refractivity contribution in [2.45, 2.75) is 40.5 Å². The molecule has 0 atom stereocenters. The number of carbonyl (C=O) groups is 2. The monoisotopic (exact) mass is 526 g/mol. The second-order valence-corrected chi connectivity index (χ2v) is 7.30. The molecule has 0 bridgehead atoms. The van der Waals surface area contributed by atoms with E-state index >= 15 is 0 Å². The van der Waals surface area contributed by atoms with Crippen LogP contribution in [0.1, 0.15) is 55.1 Å². The Hall–Kier alpha value is -3.64. The average molecular weight is 527 g/mol. The molecule has 0 saturated heterocycles. The number of aliphatic hydroxyl groups is 1. The molecule has 0 aromatic heterocycles. The molecule has 37 heavy (non-hydrogen) atoms. The van der Waals surface area contributed by atoms with Crippen LogP contribution >= 0.6 is 0 Å². The first-order valence-corrected chi connectivity index (χ1v) is 11.8. The number of hydrogen-bond acceptors (Lipinski definition) is 7. The number of benzene rings is 2. The maximum absolute atomic E-state index is 15.0. The third-order valence-corrected chi connectivity index (χ3v) is 4.48. The Morgan fingerprint density at radius 2 is 1.84 bits per heavy atom. The van der Waals surface area contributed by atoms with Gasteiger partial charge in [0.2, 0.25) is 5.91 Å². The van der Waals surface area contributed by atoms with Gasteiger partial charge < -0.3 is 20.6 Å². The van der Waals surface area contributed by atoms with E-state index in [4.69, 9.17) is 14.8 Å². The Bertz CT molecular complexity index is 1070. The first-order valence-electron chi connectivity index (χ1n) is 11.8.